The number of thiazole rings is 1. The fraction of sp³-hybridized carbons (Fsp3) is 0.692. The van der Waals surface area contributed by atoms with E-state index in [1.165, 1.54) is 0 Å². The molecule has 2 N–H and O–H groups in total. The normalized spacial score (nSPS) is 17.4. The van der Waals surface area contributed by atoms with E-state index in [0.29, 0.717) is 6.54 Å². The molecular formula is C13H22N4OS. The Labute approximate surface area is 118 Å². The predicted molar refractivity (Wildman–Crippen MR) is 77.3 cm³/mol. The summed E-state index contributed by atoms with van der Waals surface area (Å²) in [5.74, 6) is 0.103. The fourth-order valence-corrected chi connectivity index (χ4v) is 2.86. The predicted octanol–water partition coefficient (Wildman–Crippen LogP) is 0.486. The van der Waals surface area contributed by atoms with Crippen LogP contribution in [0.4, 0.5) is 0 Å². The smallest absolute Gasteiger partial charge is 0.239 e. The number of hydrogen-bond acceptors (Lipinski definition) is 5. The molecular weight excluding hydrogens is 260 g/mol. The molecule has 19 heavy (non-hydrogen) atoms. The highest BCUT2D eigenvalue weighted by molar-refractivity contribution is 7.09. The number of piperazine rings is 1. The third-order valence-electron chi connectivity index (χ3n) is 3.57. The Bertz CT molecular complexity index is 399. The number of hydrogen-bond donors (Lipinski definition) is 2. The van der Waals surface area contributed by atoms with Gasteiger partial charge in [-0.25, -0.2) is 4.98 Å². The molecule has 0 atom stereocenters. The molecule has 1 fully saturated rings. The summed E-state index contributed by atoms with van der Waals surface area (Å²) in [6.07, 6.45) is 2.60. The monoisotopic (exact) mass is 282 g/mol. The molecule has 1 aliphatic heterocycles. The van der Waals surface area contributed by atoms with Gasteiger partial charge in [-0.2, -0.15) is 0 Å². The first-order valence-corrected chi connectivity index (χ1v) is 7.61. The van der Waals surface area contributed by atoms with Crippen molar-refractivity contribution in [2.45, 2.75) is 25.8 Å². The Morgan fingerprint density at radius 2 is 2.26 bits per heavy atom. The van der Waals surface area contributed by atoms with Crippen molar-refractivity contribution in [2.24, 2.45) is 0 Å². The van der Waals surface area contributed by atoms with Crippen molar-refractivity contribution in [2.75, 3.05) is 32.7 Å². The van der Waals surface area contributed by atoms with E-state index in [1.807, 2.05) is 19.2 Å². The van der Waals surface area contributed by atoms with Crippen molar-refractivity contribution in [3.63, 3.8) is 0 Å². The maximum absolute atomic E-state index is 12.3. The van der Waals surface area contributed by atoms with Gasteiger partial charge in [0.25, 0.3) is 0 Å². The zero-order valence-corrected chi connectivity index (χ0v) is 12.4. The van der Waals surface area contributed by atoms with Crippen LogP contribution in [0, 0.1) is 0 Å². The zero-order chi connectivity index (χ0) is 13.7. The number of aromatic nitrogens is 1. The number of carbonyl (C=O) groups excluding carboxylic acids is 1. The van der Waals surface area contributed by atoms with Crippen LogP contribution in [-0.4, -0.2) is 54.1 Å². The number of nitrogens with zero attached hydrogens (tertiary/aromatic N) is 2. The van der Waals surface area contributed by atoms with Crippen LogP contribution in [0.15, 0.2) is 11.6 Å². The molecule has 0 saturated carbocycles. The first-order chi connectivity index (χ1) is 9.10. The number of amides is 1. The molecule has 2 heterocycles. The van der Waals surface area contributed by atoms with E-state index in [1.54, 1.807) is 17.5 Å². The minimum Gasteiger partial charge on any atom is -0.354 e. The molecule has 1 aromatic rings. The molecule has 0 bridgehead atoms. The summed E-state index contributed by atoms with van der Waals surface area (Å²) in [5.41, 5.74) is -0.440. The second kappa shape index (κ2) is 6.45. The summed E-state index contributed by atoms with van der Waals surface area (Å²) in [6.45, 7) is 8.40. The van der Waals surface area contributed by atoms with E-state index in [2.05, 4.69) is 20.5 Å². The molecule has 106 valence electrons. The van der Waals surface area contributed by atoms with E-state index in [0.717, 1.165) is 37.6 Å². The van der Waals surface area contributed by atoms with Gasteiger partial charge in [0.15, 0.2) is 0 Å². The van der Waals surface area contributed by atoms with Crippen molar-refractivity contribution in [1.82, 2.24) is 20.5 Å². The first kappa shape index (κ1) is 14.4. The second-order valence-electron chi connectivity index (χ2n) is 5.23. The molecule has 1 saturated heterocycles. The Balaban J connectivity index is 1.80. The maximum Gasteiger partial charge on any atom is 0.239 e. The van der Waals surface area contributed by atoms with Crippen LogP contribution in [-0.2, 0) is 11.2 Å². The van der Waals surface area contributed by atoms with Crippen molar-refractivity contribution in [3.8, 4) is 0 Å². The first-order valence-electron chi connectivity index (χ1n) is 6.73. The highest BCUT2D eigenvalue weighted by Crippen LogP contribution is 2.15. The van der Waals surface area contributed by atoms with Gasteiger partial charge in [0.1, 0.15) is 0 Å². The minimum absolute atomic E-state index is 0.103. The van der Waals surface area contributed by atoms with Gasteiger partial charge in [0, 0.05) is 50.7 Å². The molecule has 6 heteroatoms. The highest BCUT2D eigenvalue weighted by atomic mass is 32.1. The largest absolute Gasteiger partial charge is 0.354 e. The third kappa shape index (κ3) is 3.75. The summed E-state index contributed by atoms with van der Waals surface area (Å²) in [4.78, 5) is 18.8. The quantitative estimate of drug-likeness (QED) is 0.825. The van der Waals surface area contributed by atoms with E-state index < -0.39 is 5.54 Å². The van der Waals surface area contributed by atoms with Crippen molar-refractivity contribution in [3.05, 3.63) is 16.6 Å². The Kier molecular flexibility index (Phi) is 4.90. The molecule has 1 aromatic heterocycles. The van der Waals surface area contributed by atoms with Gasteiger partial charge in [0.05, 0.1) is 10.5 Å². The van der Waals surface area contributed by atoms with Gasteiger partial charge in [-0.05, 0) is 13.8 Å². The molecule has 0 aromatic carbocycles. The lowest BCUT2D eigenvalue weighted by molar-refractivity contribution is -0.132. The van der Waals surface area contributed by atoms with Crippen LogP contribution in [0.2, 0.25) is 0 Å². The molecule has 0 unspecified atom stereocenters. The lowest BCUT2D eigenvalue weighted by Crippen LogP contribution is -2.60. The fourth-order valence-electron chi connectivity index (χ4n) is 2.24. The van der Waals surface area contributed by atoms with Crippen molar-refractivity contribution >= 4 is 17.2 Å². The van der Waals surface area contributed by atoms with Gasteiger partial charge in [-0.1, -0.05) is 0 Å². The van der Waals surface area contributed by atoms with Crippen LogP contribution in [0.1, 0.15) is 18.9 Å². The summed E-state index contributed by atoms with van der Waals surface area (Å²) >= 11 is 1.63. The number of rotatable bonds is 5. The minimum atomic E-state index is -0.440. The average molecular weight is 282 g/mol. The number of carbonyl (C=O) groups is 1. The second-order valence-corrected chi connectivity index (χ2v) is 6.21. The Morgan fingerprint density at radius 3 is 2.89 bits per heavy atom. The molecule has 0 aliphatic carbocycles. The number of nitrogens with one attached hydrogen (secondary N) is 2. The van der Waals surface area contributed by atoms with E-state index >= 15 is 0 Å². The van der Waals surface area contributed by atoms with Gasteiger partial charge in [-0.3, -0.25) is 9.69 Å². The van der Waals surface area contributed by atoms with E-state index in [4.69, 9.17) is 0 Å². The lowest BCUT2D eigenvalue weighted by atomic mass is 10.0. The van der Waals surface area contributed by atoms with Crippen LogP contribution in [0.5, 0.6) is 0 Å². The van der Waals surface area contributed by atoms with Gasteiger partial charge < -0.3 is 10.6 Å². The van der Waals surface area contributed by atoms with Crippen LogP contribution in [0.25, 0.3) is 0 Å². The average Bonchev–Trinajstić information content (AvgIpc) is 2.93. The molecule has 0 spiro atoms. The molecule has 5 nitrogen and oxygen atoms in total. The van der Waals surface area contributed by atoms with Gasteiger partial charge in [-0.15, -0.1) is 11.3 Å². The summed E-state index contributed by atoms with van der Waals surface area (Å²) < 4.78 is 0. The van der Waals surface area contributed by atoms with Crippen LogP contribution >= 0.6 is 11.3 Å². The van der Waals surface area contributed by atoms with Crippen LogP contribution in [0.3, 0.4) is 0 Å². The van der Waals surface area contributed by atoms with Crippen molar-refractivity contribution < 1.29 is 4.79 Å². The Morgan fingerprint density at radius 1 is 1.53 bits per heavy atom. The molecule has 2 rings (SSSR count). The van der Waals surface area contributed by atoms with Gasteiger partial charge in [0.2, 0.25) is 5.91 Å². The lowest BCUT2D eigenvalue weighted by Gasteiger charge is -2.39. The summed E-state index contributed by atoms with van der Waals surface area (Å²) in [5, 5.41) is 9.36. The molecule has 1 aliphatic rings. The van der Waals surface area contributed by atoms with Crippen LogP contribution < -0.4 is 10.6 Å². The maximum atomic E-state index is 12.3. The van der Waals surface area contributed by atoms with Crippen molar-refractivity contribution in [1.29, 1.82) is 0 Å². The summed E-state index contributed by atoms with van der Waals surface area (Å²) in [7, 11) is 0. The van der Waals surface area contributed by atoms with E-state index in [-0.39, 0.29) is 5.91 Å². The zero-order valence-electron chi connectivity index (χ0n) is 11.6. The highest BCUT2D eigenvalue weighted by Gasteiger charge is 2.34. The topological polar surface area (TPSA) is 57.3 Å². The SMILES string of the molecule is CC(C)(C(=O)NCCc1nccs1)N1CCNCC1. The standard InChI is InChI=1S/C13H22N4OS/c1-13(2,17-8-5-14-6-9-17)12(18)16-4-3-11-15-7-10-19-11/h7,10,14H,3-6,8-9H2,1-2H3,(H,16,18). The third-order valence-corrected chi connectivity index (χ3v) is 4.41. The Hall–Kier alpha value is -0.980. The molecule has 1 amide bonds. The van der Waals surface area contributed by atoms with Gasteiger partial charge >= 0.3 is 0 Å². The summed E-state index contributed by atoms with van der Waals surface area (Å²) in [6, 6.07) is 0. The molecule has 0 radical (unpaired) electrons. The van der Waals surface area contributed by atoms with E-state index in [9.17, 15) is 4.79 Å².